The molecule has 2 aromatic carbocycles. The molecule has 2 N–H and O–H groups in total. The second kappa shape index (κ2) is 10.5. The van der Waals surface area contributed by atoms with Gasteiger partial charge in [-0.1, -0.05) is 25.1 Å². The molecule has 2 rings (SSSR count). The second-order valence-corrected chi connectivity index (χ2v) is 6.65. The zero-order valence-electron chi connectivity index (χ0n) is 15.7. The smallest absolute Gasteiger partial charge is 0.352 e. The van der Waals surface area contributed by atoms with Crippen LogP contribution in [0.4, 0.5) is 0 Å². The average molecular weight is 448 g/mol. The summed E-state index contributed by atoms with van der Waals surface area (Å²) >= 11 is 3.44. The molecular weight excluding hydrogens is 426 g/mol. The van der Waals surface area contributed by atoms with E-state index in [2.05, 4.69) is 21.2 Å². The molecule has 0 atom stereocenters. The molecule has 0 bridgehead atoms. The van der Waals surface area contributed by atoms with E-state index in [1.165, 1.54) is 6.08 Å². The van der Waals surface area contributed by atoms with Crippen molar-refractivity contribution >= 4 is 33.9 Å². The summed E-state index contributed by atoms with van der Waals surface area (Å²) in [5, 5.41) is 11.9. The van der Waals surface area contributed by atoms with Gasteiger partial charge < -0.3 is 19.9 Å². The quantitative estimate of drug-likeness (QED) is 0.553. The summed E-state index contributed by atoms with van der Waals surface area (Å²) in [5.74, 6) is -0.687. The Hall–Kier alpha value is -2.80. The molecule has 6 nitrogen and oxygen atoms in total. The number of nitrogens with one attached hydrogen (secondary N) is 1. The number of carbonyl (C=O) groups excluding carboxylic acids is 1. The van der Waals surface area contributed by atoms with Crippen LogP contribution >= 0.6 is 15.9 Å². The summed E-state index contributed by atoms with van der Waals surface area (Å²) in [5.41, 5.74) is 0.671. The van der Waals surface area contributed by atoms with Gasteiger partial charge in [0.15, 0.2) is 11.5 Å². The maximum atomic E-state index is 12.3. The van der Waals surface area contributed by atoms with Crippen molar-refractivity contribution in [2.75, 3.05) is 13.2 Å². The number of halogens is 1. The van der Waals surface area contributed by atoms with Crippen LogP contribution in [0.5, 0.6) is 11.5 Å². The zero-order chi connectivity index (χ0) is 20.5. The molecule has 0 radical (unpaired) electrons. The van der Waals surface area contributed by atoms with Gasteiger partial charge in [0.1, 0.15) is 5.70 Å². The Morgan fingerprint density at radius 3 is 2.46 bits per heavy atom. The maximum Gasteiger partial charge on any atom is 0.352 e. The first-order valence-electron chi connectivity index (χ1n) is 8.86. The highest BCUT2D eigenvalue weighted by atomic mass is 79.9. The van der Waals surface area contributed by atoms with E-state index >= 15 is 0 Å². The molecule has 1 amide bonds. The Bertz CT molecular complexity index is 865. The van der Waals surface area contributed by atoms with Crippen molar-refractivity contribution in [1.82, 2.24) is 5.32 Å². The topological polar surface area (TPSA) is 84.9 Å². The van der Waals surface area contributed by atoms with Crippen molar-refractivity contribution in [1.29, 1.82) is 0 Å². The van der Waals surface area contributed by atoms with Gasteiger partial charge in [-0.25, -0.2) is 4.79 Å². The maximum absolute atomic E-state index is 12.3. The first-order valence-corrected chi connectivity index (χ1v) is 9.66. The summed E-state index contributed by atoms with van der Waals surface area (Å²) in [6.45, 7) is 4.81. The number of hydrogen-bond donors (Lipinski definition) is 2. The third-order valence-corrected chi connectivity index (χ3v) is 4.20. The van der Waals surface area contributed by atoms with Gasteiger partial charge in [0, 0.05) is 5.56 Å². The molecule has 0 aliphatic rings. The fourth-order valence-corrected chi connectivity index (χ4v) is 2.95. The third kappa shape index (κ3) is 5.85. The Balaban J connectivity index is 2.35. The predicted octanol–water partition coefficient (Wildman–Crippen LogP) is 4.49. The van der Waals surface area contributed by atoms with E-state index in [1.807, 2.05) is 13.8 Å². The van der Waals surface area contributed by atoms with Gasteiger partial charge >= 0.3 is 5.97 Å². The molecular formula is C21H22BrNO5. The molecule has 0 saturated heterocycles. The summed E-state index contributed by atoms with van der Waals surface area (Å²) in [6.07, 6.45) is 2.22. The molecule has 7 heteroatoms. The Morgan fingerprint density at radius 2 is 1.86 bits per heavy atom. The monoisotopic (exact) mass is 447 g/mol. The molecule has 28 heavy (non-hydrogen) atoms. The van der Waals surface area contributed by atoms with E-state index < -0.39 is 11.9 Å². The van der Waals surface area contributed by atoms with Crippen LogP contribution in [0.15, 0.2) is 52.6 Å². The molecule has 0 fully saturated rings. The van der Waals surface area contributed by atoms with Crippen molar-refractivity contribution in [3.05, 3.63) is 63.8 Å². The van der Waals surface area contributed by atoms with Crippen LogP contribution in [-0.4, -0.2) is 30.2 Å². The highest BCUT2D eigenvalue weighted by molar-refractivity contribution is 9.10. The van der Waals surface area contributed by atoms with Crippen molar-refractivity contribution in [2.45, 2.75) is 20.3 Å². The van der Waals surface area contributed by atoms with Crippen molar-refractivity contribution in [2.24, 2.45) is 0 Å². The number of carboxylic acid groups (broad SMARTS) is 1. The number of carboxylic acids is 1. The Kier molecular flexibility index (Phi) is 8.07. The normalized spacial score (nSPS) is 11.0. The molecule has 2 aromatic rings. The lowest BCUT2D eigenvalue weighted by Gasteiger charge is -2.14. The van der Waals surface area contributed by atoms with E-state index in [1.54, 1.807) is 42.5 Å². The fraction of sp³-hybridized carbons (Fsp3) is 0.238. The van der Waals surface area contributed by atoms with Crippen molar-refractivity contribution in [3.8, 4) is 11.5 Å². The first kappa shape index (κ1) is 21.5. The number of amides is 1. The Labute approximate surface area is 172 Å². The molecule has 0 saturated carbocycles. The first-order chi connectivity index (χ1) is 13.5. The molecule has 0 aliphatic carbocycles. The average Bonchev–Trinajstić information content (AvgIpc) is 2.67. The molecule has 0 aromatic heterocycles. The fourth-order valence-electron chi connectivity index (χ4n) is 2.38. The van der Waals surface area contributed by atoms with Crippen molar-refractivity contribution < 1.29 is 24.2 Å². The van der Waals surface area contributed by atoms with Gasteiger partial charge in [0.2, 0.25) is 0 Å². The van der Waals surface area contributed by atoms with E-state index in [9.17, 15) is 14.7 Å². The van der Waals surface area contributed by atoms with Crippen molar-refractivity contribution in [3.63, 3.8) is 0 Å². The number of ether oxygens (including phenoxy) is 2. The second-order valence-electron chi connectivity index (χ2n) is 5.79. The number of hydrogen-bond acceptors (Lipinski definition) is 4. The summed E-state index contributed by atoms with van der Waals surface area (Å²) in [6, 6.07) is 11.8. The van der Waals surface area contributed by atoms with Gasteiger partial charge in [-0.15, -0.1) is 0 Å². The van der Waals surface area contributed by atoms with Crippen LogP contribution in [0.3, 0.4) is 0 Å². The van der Waals surface area contributed by atoms with Crippen LogP contribution in [0, 0.1) is 0 Å². The SMILES string of the molecule is CCCOc1c(Br)cc(/C=C(/NC(=O)c2ccccc2)C(=O)O)cc1OCC. The number of benzene rings is 2. The standard InChI is InChI=1S/C21H22BrNO5/c1-3-10-28-19-16(22)11-14(13-18(19)27-4-2)12-17(21(25)26)23-20(24)15-8-6-5-7-9-15/h5-9,11-13H,3-4,10H2,1-2H3,(H,23,24)(H,25,26)/b17-12+. The number of rotatable bonds is 9. The third-order valence-electron chi connectivity index (χ3n) is 3.61. The van der Waals surface area contributed by atoms with Gasteiger partial charge in [0.25, 0.3) is 5.91 Å². The zero-order valence-corrected chi connectivity index (χ0v) is 17.3. The number of carbonyl (C=O) groups is 2. The molecule has 0 heterocycles. The lowest BCUT2D eigenvalue weighted by Crippen LogP contribution is -2.27. The van der Waals surface area contributed by atoms with Gasteiger partial charge in [-0.2, -0.15) is 0 Å². The molecule has 0 spiro atoms. The minimum atomic E-state index is -1.25. The van der Waals surface area contributed by atoms with Crippen LogP contribution in [-0.2, 0) is 4.79 Å². The van der Waals surface area contributed by atoms with Crippen LogP contribution in [0.1, 0.15) is 36.2 Å². The van der Waals surface area contributed by atoms with E-state index in [0.29, 0.717) is 40.3 Å². The van der Waals surface area contributed by atoms with E-state index in [-0.39, 0.29) is 5.70 Å². The Morgan fingerprint density at radius 1 is 1.14 bits per heavy atom. The van der Waals surface area contributed by atoms with E-state index in [4.69, 9.17) is 9.47 Å². The van der Waals surface area contributed by atoms with Crippen LogP contribution in [0.2, 0.25) is 0 Å². The van der Waals surface area contributed by atoms with Gasteiger partial charge in [-0.3, -0.25) is 4.79 Å². The minimum absolute atomic E-state index is 0.245. The minimum Gasteiger partial charge on any atom is -0.490 e. The van der Waals surface area contributed by atoms with E-state index in [0.717, 1.165) is 6.42 Å². The molecule has 0 aliphatic heterocycles. The van der Waals surface area contributed by atoms with Gasteiger partial charge in [-0.05, 0) is 65.2 Å². The predicted molar refractivity (Wildman–Crippen MR) is 111 cm³/mol. The summed E-state index contributed by atoms with van der Waals surface area (Å²) in [4.78, 5) is 23.9. The summed E-state index contributed by atoms with van der Waals surface area (Å²) in [7, 11) is 0. The van der Waals surface area contributed by atoms with Gasteiger partial charge in [0.05, 0.1) is 17.7 Å². The lowest BCUT2D eigenvalue weighted by atomic mass is 10.1. The highest BCUT2D eigenvalue weighted by Crippen LogP contribution is 2.37. The molecule has 148 valence electrons. The summed E-state index contributed by atoms with van der Waals surface area (Å²) < 4.78 is 12.0. The van der Waals surface area contributed by atoms with Crippen LogP contribution < -0.4 is 14.8 Å². The lowest BCUT2D eigenvalue weighted by molar-refractivity contribution is -0.132. The van der Waals surface area contributed by atoms with Crippen LogP contribution in [0.25, 0.3) is 6.08 Å². The number of aliphatic carboxylic acids is 1. The highest BCUT2D eigenvalue weighted by Gasteiger charge is 2.16. The molecule has 0 unspecified atom stereocenters. The largest absolute Gasteiger partial charge is 0.490 e.